The summed E-state index contributed by atoms with van der Waals surface area (Å²) >= 11 is 0. The Bertz CT molecular complexity index is 1750. The van der Waals surface area contributed by atoms with Gasteiger partial charge in [-0.1, -0.05) is 18.2 Å². The van der Waals surface area contributed by atoms with Crippen molar-refractivity contribution in [3.63, 3.8) is 0 Å². The molecular weight excluding hydrogens is 542 g/mol. The number of rotatable bonds is 3. The molecule has 6 rings (SSSR count). The Hall–Kier alpha value is -5.08. The lowest BCUT2D eigenvalue weighted by molar-refractivity contribution is -0.122. The Labute approximate surface area is 249 Å². The minimum absolute atomic E-state index is 0.0662. The van der Waals surface area contributed by atoms with Gasteiger partial charge in [0, 0.05) is 41.7 Å². The maximum atomic E-state index is 12.9. The summed E-state index contributed by atoms with van der Waals surface area (Å²) < 4.78 is 2.10. The van der Waals surface area contributed by atoms with Gasteiger partial charge in [0.05, 0.1) is 23.5 Å². The molecule has 0 unspecified atom stereocenters. The number of nitrogens with one attached hydrogen (secondary N) is 3. The Balaban J connectivity index is 1.36. The summed E-state index contributed by atoms with van der Waals surface area (Å²) in [6.45, 7) is 2.79. The topological polar surface area (TPSA) is 163 Å². The zero-order chi connectivity index (χ0) is 29.9. The van der Waals surface area contributed by atoms with Gasteiger partial charge in [-0.25, -0.2) is 15.0 Å². The number of carbonyl (C=O) groups is 2. The number of nitrogens with two attached hydrogens (primary N) is 1. The molecule has 3 atom stereocenters. The largest absolute Gasteiger partial charge is 0.382 e. The maximum absolute atomic E-state index is 12.9. The smallest absolute Gasteiger partial charge is 0.256 e. The van der Waals surface area contributed by atoms with Crippen molar-refractivity contribution in [2.75, 3.05) is 17.6 Å². The van der Waals surface area contributed by atoms with Crippen LogP contribution < -0.4 is 21.7 Å². The average molecular weight is 576 g/mol. The lowest BCUT2D eigenvalue weighted by Crippen LogP contribution is -2.38. The fourth-order valence-corrected chi connectivity index (χ4v) is 5.92. The third kappa shape index (κ3) is 5.96. The number of nitrogens with zero attached hydrogens (tertiary/aromatic N) is 5. The van der Waals surface area contributed by atoms with Crippen LogP contribution in [0.5, 0.6) is 0 Å². The van der Waals surface area contributed by atoms with Crippen LogP contribution in [0.4, 0.5) is 11.6 Å². The van der Waals surface area contributed by atoms with Crippen molar-refractivity contribution in [1.82, 2.24) is 30.0 Å². The summed E-state index contributed by atoms with van der Waals surface area (Å²) in [5.74, 6) is 1.42. The van der Waals surface area contributed by atoms with E-state index < -0.39 is 0 Å². The molecular formula is C32H33N9O2. The lowest BCUT2D eigenvalue weighted by Gasteiger charge is -2.16. The summed E-state index contributed by atoms with van der Waals surface area (Å²) in [6.07, 6.45) is 11.2. The molecule has 4 heterocycles. The summed E-state index contributed by atoms with van der Waals surface area (Å²) in [5.41, 5.74) is 10.4. The summed E-state index contributed by atoms with van der Waals surface area (Å²) in [4.78, 5) is 39.4. The number of amides is 2. The maximum Gasteiger partial charge on any atom is 0.256 e. The van der Waals surface area contributed by atoms with Gasteiger partial charge in [0.25, 0.3) is 5.91 Å². The number of pyridine rings is 1. The van der Waals surface area contributed by atoms with Gasteiger partial charge in [-0.2, -0.15) is 5.26 Å². The first kappa shape index (κ1) is 28.1. The highest BCUT2D eigenvalue weighted by Gasteiger charge is 2.32. The van der Waals surface area contributed by atoms with E-state index in [1.807, 2.05) is 25.1 Å². The molecule has 11 nitrogen and oxygen atoms in total. The van der Waals surface area contributed by atoms with Crippen LogP contribution in [-0.4, -0.2) is 49.8 Å². The second-order valence-electron chi connectivity index (χ2n) is 11.2. The number of carbonyl (C=O) groups excluding carboxylic acids is 2. The average Bonchev–Trinajstić information content (AvgIpc) is 3.63. The highest BCUT2D eigenvalue weighted by atomic mass is 16.2. The van der Waals surface area contributed by atoms with E-state index in [2.05, 4.69) is 42.5 Å². The number of imidazole rings is 1. The van der Waals surface area contributed by atoms with Gasteiger partial charge in [0.2, 0.25) is 5.91 Å². The van der Waals surface area contributed by atoms with Gasteiger partial charge >= 0.3 is 0 Å². The minimum atomic E-state index is -0.339. The van der Waals surface area contributed by atoms with E-state index in [9.17, 15) is 9.59 Å². The molecule has 1 aliphatic heterocycles. The Morgan fingerprint density at radius 3 is 2.84 bits per heavy atom. The van der Waals surface area contributed by atoms with Crippen LogP contribution in [0.2, 0.25) is 0 Å². The molecule has 5 N–H and O–H groups in total. The molecule has 2 amide bonds. The third-order valence-electron chi connectivity index (χ3n) is 8.04. The van der Waals surface area contributed by atoms with Gasteiger partial charge in [0.1, 0.15) is 28.7 Å². The second-order valence-corrected chi connectivity index (χ2v) is 11.2. The quantitative estimate of drug-likeness (QED) is 0.284. The third-order valence-corrected chi connectivity index (χ3v) is 8.04. The van der Waals surface area contributed by atoms with E-state index in [0.717, 1.165) is 54.8 Å². The van der Waals surface area contributed by atoms with E-state index in [0.29, 0.717) is 34.9 Å². The van der Waals surface area contributed by atoms with Gasteiger partial charge < -0.3 is 21.7 Å². The van der Waals surface area contributed by atoms with Crippen molar-refractivity contribution < 1.29 is 9.59 Å². The van der Waals surface area contributed by atoms with Gasteiger partial charge in [0.15, 0.2) is 0 Å². The first-order valence-electron chi connectivity index (χ1n) is 14.5. The normalized spacial score (nSPS) is 21.3. The first-order valence-corrected chi connectivity index (χ1v) is 14.5. The lowest BCUT2D eigenvalue weighted by atomic mass is 10.1. The molecule has 2 aliphatic rings. The number of nitrogen functional groups attached to an aromatic ring is 1. The standard InChI is InChI=1S/C32H33N9O2/c1-19-14-27(42)38-24-10-9-23(16-24)31-40-28(29-30(34)37-18-25(41(29)31)4-2-3-12-35-19)21-5-7-22(8-6-21)32(43)39-26-15-20(17-33)11-13-36-26/h2,4-8,11,13,15,18-19,23-24,35H,3,9-10,12,14,16H2,1H3,(H2,34,37)(H,38,42)(H,36,39,43)/b4-2+/t19-,23-,24-/m1/s1. The van der Waals surface area contributed by atoms with Crippen LogP contribution in [0.1, 0.15) is 72.4 Å². The molecule has 0 saturated heterocycles. The minimum Gasteiger partial charge on any atom is -0.382 e. The van der Waals surface area contributed by atoms with E-state index in [1.165, 1.54) is 12.3 Å². The number of fused-ring (bicyclic) bond motifs is 3. The van der Waals surface area contributed by atoms with E-state index in [-0.39, 0.29) is 29.8 Å². The summed E-state index contributed by atoms with van der Waals surface area (Å²) in [6, 6.07) is 12.5. The fourth-order valence-electron chi connectivity index (χ4n) is 5.92. The molecule has 0 spiro atoms. The predicted octanol–water partition coefficient (Wildman–Crippen LogP) is 4.03. The highest BCUT2D eigenvalue weighted by Crippen LogP contribution is 2.39. The zero-order valence-corrected chi connectivity index (χ0v) is 23.9. The van der Waals surface area contributed by atoms with Crippen LogP contribution in [0.25, 0.3) is 22.9 Å². The van der Waals surface area contributed by atoms with E-state index >= 15 is 0 Å². The Kier molecular flexibility index (Phi) is 7.85. The molecule has 1 aliphatic carbocycles. The fraction of sp³-hybridized carbons (Fsp3) is 0.312. The molecule has 1 saturated carbocycles. The van der Waals surface area contributed by atoms with Crippen molar-refractivity contribution in [3.05, 3.63) is 77.5 Å². The molecule has 2 bridgehead atoms. The molecule has 1 fully saturated rings. The molecule has 1 aromatic carbocycles. The van der Waals surface area contributed by atoms with Gasteiger partial charge in [-0.3, -0.25) is 14.0 Å². The van der Waals surface area contributed by atoms with Crippen molar-refractivity contribution in [1.29, 1.82) is 5.26 Å². The Morgan fingerprint density at radius 1 is 1.19 bits per heavy atom. The summed E-state index contributed by atoms with van der Waals surface area (Å²) in [5, 5.41) is 18.5. The van der Waals surface area contributed by atoms with Crippen LogP contribution in [-0.2, 0) is 4.79 Å². The zero-order valence-electron chi connectivity index (χ0n) is 23.9. The van der Waals surface area contributed by atoms with Crippen molar-refractivity contribution >= 4 is 35.0 Å². The molecule has 11 heteroatoms. The van der Waals surface area contributed by atoms with Crippen molar-refractivity contribution in [2.24, 2.45) is 0 Å². The molecule has 3 aromatic heterocycles. The first-order chi connectivity index (χ1) is 20.9. The molecule has 43 heavy (non-hydrogen) atoms. The molecule has 218 valence electrons. The monoisotopic (exact) mass is 575 g/mol. The highest BCUT2D eigenvalue weighted by molar-refractivity contribution is 6.04. The van der Waals surface area contributed by atoms with Gasteiger partial charge in [-0.15, -0.1) is 0 Å². The number of anilines is 2. The van der Waals surface area contributed by atoms with Crippen molar-refractivity contribution in [2.45, 2.75) is 57.0 Å². The number of nitriles is 1. The second kappa shape index (κ2) is 12.0. The van der Waals surface area contributed by atoms with Crippen LogP contribution in [0.3, 0.4) is 0 Å². The van der Waals surface area contributed by atoms with Crippen LogP contribution >= 0.6 is 0 Å². The van der Waals surface area contributed by atoms with Crippen LogP contribution in [0.15, 0.2) is 54.9 Å². The van der Waals surface area contributed by atoms with E-state index in [1.54, 1.807) is 24.4 Å². The SMILES string of the molecule is C[C@@H]1CC(=O)N[C@@H]2CC[C@H](C2)c2nc(-c3ccc(C(=O)Nc4cc(C#N)ccn4)cc3)c3c(N)ncc(n23)/C=C/CCN1. The van der Waals surface area contributed by atoms with Crippen LogP contribution in [0, 0.1) is 11.3 Å². The number of hydrogen-bond donors (Lipinski definition) is 4. The Morgan fingerprint density at radius 2 is 2.02 bits per heavy atom. The summed E-state index contributed by atoms with van der Waals surface area (Å²) in [7, 11) is 0. The van der Waals surface area contributed by atoms with Crippen molar-refractivity contribution in [3.8, 4) is 17.3 Å². The molecule has 4 aromatic rings. The predicted molar refractivity (Wildman–Crippen MR) is 164 cm³/mol. The number of benzene rings is 1. The molecule has 0 radical (unpaired) electrons. The van der Waals surface area contributed by atoms with E-state index in [4.69, 9.17) is 16.0 Å². The number of hydrogen-bond acceptors (Lipinski definition) is 8. The van der Waals surface area contributed by atoms with Gasteiger partial charge in [-0.05, 0) is 69.5 Å². The number of aromatic nitrogens is 4.